The second kappa shape index (κ2) is 6.28. The number of hydrogen-bond acceptors (Lipinski definition) is 3. The van der Waals surface area contributed by atoms with Crippen LogP contribution in [-0.4, -0.2) is 28.0 Å². The molecule has 1 amide bonds. The molecule has 5 heteroatoms. The van der Waals surface area contributed by atoms with Crippen LogP contribution in [-0.2, 0) is 4.74 Å². The predicted molar refractivity (Wildman–Crippen MR) is 73.7 cm³/mol. The van der Waals surface area contributed by atoms with E-state index in [4.69, 9.17) is 4.74 Å². The molecule has 0 fully saturated rings. The fourth-order valence-corrected chi connectivity index (χ4v) is 1.26. The maximum atomic E-state index is 11.3. The molecule has 1 N–H and O–H groups in total. The lowest BCUT2D eigenvalue weighted by Gasteiger charge is -2.18. The minimum atomic E-state index is -0.490. The lowest BCUT2D eigenvalue weighted by atomic mass is 10.2. The molecule has 0 aromatic carbocycles. The topological polar surface area (TPSA) is 56.2 Å². The summed E-state index contributed by atoms with van der Waals surface area (Å²) in [5.41, 5.74) is 0.343. The molecule has 1 heterocycles. The third kappa shape index (κ3) is 5.96. The molecule has 1 aromatic rings. The molecule has 104 valence electrons. The van der Waals surface area contributed by atoms with Gasteiger partial charge >= 0.3 is 6.09 Å². The Hall–Kier alpha value is -1.96. The third-order valence-electron chi connectivity index (χ3n) is 2.08. The number of hydrogen-bond donors (Lipinski definition) is 1. The van der Waals surface area contributed by atoms with Crippen LogP contribution in [0.25, 0.3) is 0 Å². The zero-order valence-electron chi connectivity index (χ0n) is 12.2. The number of nitrogens with zero attached hydrogens (tertiary/aromatic N) is 2. The van der Waals surface area contributed by atoms with Gasteiger partial charge in [0, 0.05) is 12.2 Å². The normalized spacial score (nSPS) is 10.8. The van der Waals surface area contributed by atoms with Crippen LogP contribution < -0.4 is 5.32 Å². The first kappa shape index (κ1) is 15.1. The minimum absolute atomic E-state index is 0.252. The van der Waals surface area contributed by atoms with E-state index in [1.165, 1.54) is 0 Å². The van der Waals surface area contributed by atoms with Crippen molar-refractivity contribution < 1.29 is 9.53 Å². The van der Waals surface area contributed by atoms with E-state index in [1.54, 1.807) is 6.20 Å². The monoisotopic (exact) mass is 263 g/mol. The fraction of sp³-hybridized carbons (Fsp3) is 0.571. The van der Waals surface area contributed by atoms with Gasteiger partial charge in [0.2, 0.25) is 0 Å². The van der Waals surface area contributed by atoms with Gasteiger partial charge in [-0.1, -0.05) is 11.8 Å². The lowest BCUT2D eigenvalue weighted by Crippen LogP contribution is -2.32. The standard InChI is InChI=1S/C14H21N3O2/c1-11(2)17-10-12(9-16-17)7-6-8-15-13(18)19-14(3,4)5/h9-11H,8H2,1-5H3,(H,15,18). The number of amides is 1. The van der Waals surface area contributed by atoms with Crippen molar-refractivity contribution in [1.82, 2.24) is 15.1 Å². The summed E-state index contributed by atoms with van der Waals surface area (Å²) in [4.78, 5) is 11.3. The minimum Gasteiger partial charge on any atom is -0.444 e. The van der Waals surface area contributed by atoms with Crippen molar-refractivity contribution in [3.05, 3.63) is 18.0 Å². The Morgan fingerprint density at radius 1 is 1.53 bits per heavy atom. The average molecular weight is 263 g/mol. The maximum absolute atomic E-state index is 11.3. The summed E-state index contributed by atoms with van der Waals surface area (Å²) in [7, 11) is 0. The van der Waals surface area contributed by atoms with Crippen LogP contribution >= 0.6 is 0 Å². The molecule has 0 saturated carbocycles. The van der Waals surface area contributed by atoms with Crippen LogP contribution in [0.15, 0.2) is 12.4 Å². The average Bonchev–Trinajstić information content (AvgIpc) is 2.70. The van der Waals surface area contributed by atoms with E-state index in [9.17, 15) is 4.79 Å². The Bertz CT molecular complexity index is 487. The van der Waals surface area contributed by atoms with E-state index in [2.05, 4.69) is 22.3 Å². The maximum Gasteiger partial charge on any atom is 0.408 e. The van der Waals surface area contributed by atoms with Gasteiger partial charge in [0.05, 0.1) is 18.3 Å². The number of rotatable bonds is 2. The van der Waals surface area contributed by atoms with Crippen molar-refractivity contribution in [2.75, 3.05) is 6.54 Å². The van der Waals surface area contributed by atoms with Gasteiger partial charge < -0.3 is 10.1 Å². The van der Waals surface area contributed by atoms with Crippen LogP contribution in [0.3, 0.4) is 0 Å². The number of aromatic nitrogens is 2. The van der Waals surface area contributed by atoms with Crippen molar-refractivity contribution >= 4 is 6.09 Å². The Morgan fingerprint density at radius 3 is 2.74 bits per heavy atom. The zero-order chi connectivity index (χ0) is 14.5. The van der Waals surface area contributed by atoms with E-state index < -0.39 is 11.7 Å². The van der Waals surface area contributed by atoms with E-state index >= 15 is 0 Å². The van der Waals surface area contributed by atoms with E-state index in [1.807, 2.05) is 45.5 Å². The van der Waals surface area contributed by atoms with Gasteiger partial charge in [0.25, 0.3) is 0 Å². The van der Waals surface area contributed by atoms with Crippen molar-refractivity contribution in [2.24, 2.45) is 0 Å². The quantitative estimate of drug-likeness (QED) is 0.833. The summed E-state index contributed by atoms with van der Waals surface area (Å²) in [6.07, 6.45) is 3.13. The van der Waals surface area contributed by atoms with Gasteiger partial charge in [-0.3, -0.25) is 4.68 Å². The second-order valence-electron chi connectivity index (χ2n) is 5.46. The first-order valence-electron chi connectivity index (χ1n) is 6.28. The molecule has 0 spiro atoms. The number of carbonyl (C=O) groups excluding carboxylic acids is 1. The molecule has 0 bridgehead atoms. The molecule has 5 nitrogen and oxygen atoms in total. The highest BCUT2D eigenvalue weighted by molar-refractivity contribution is 5.68. The van der Waals surface area contributed by atoms with Crippen molar-refractivity contribution in [3.63, 3.8) is 0 Å². The van der Waals surface area contributed by atoms with Crippen LogP contribution in [0, 0.1) is 11.8 Å². The summed E-state index contributed by atoms with van der Waals surface area (Å²) in [5, 5.41) is 6.76. The van der Waals surface area contributed by atoms with Gasteiger partial charge in [0.1, 0.15) is 5.60 Å². The fourth-order valence-electron chi connectivity index (χ4n) is 1.26. The second-order valence-corrected chi connectivity index (χ2v) is 5.46. The van der Waals surface area contributed by atoms with Gasteiger partial charge in [-0.25, -0.2) is 4.79 Å². The lowest BCUT2D eigenvalue weighted by molar-refractivity contribution is 0.0535. The van der Waals surface area contributed by atoms with Gasteiger partial charge in [-0.2, -0.15) is 5.10 Å². The zero-order valence-corrected chi connectivity index (χ0v) is 12.2. The van der Waals surface area contributed by atoms with Crippen LogP contribution in [0.5, 0.6) is 0 Å². The van der Waals surface area contributed by atoms with Gasteiger partial charge in [0.15, 0.2) is 0 Å². The molecule has 1 rings (SSSR count). The molecular weight excluding hydrogens is 242 g/mol. The van der Waals surface area contributed by atoms with Crippen molar-refractivity contribution in [2.45, 2.75) is 46.3 Å². The third-order valence-corrected chi connectivity index (χ3v) is 2.08. The van der Waals surface area contributed by atoms with Crippen molar-refractivity contribution in [3.8, 4) is 11.8 Å². The molecule has 0 saturated heterocycles. The molecule has 1 aromatic heterocycles. The number of nitrogens with one attached hydrogen (secondary N) is 1. The molecule has 0 aliphatic heterocycles. The van der Waals surface area contributed by atoms with E-state index in [-0.39, 0.29) is 6.54 Å². The highest BCUT2D eigenvalue weighted by Crippen LogP contribution is 2.06. The summed E-state index contributed by atoms with van der Waals surface area (Å²) in [6.45, 7) is 9.81. The molecule has 0 aliphatic rings. The first-order chi connectivity index (χ1) is 8.78. The molecule has 0 atom stereocenters. The predicted octanol–water partition coefficient (Wildman–Crippen LogP) is 2.34. The van der Waals surface area contributed by atoms with Crippen molar-refractivity contribution in [1.29, 1.82) is 0 Å². The van der Waals surface area contributed by atoms with E-state index in [0.29, 0.717) is 6.04 Å². The Morgan fingerprint density at radius 2 is 2.21 bits per heavy atom. The van der Waals surface area contributed by atoms with Crippen LogP contribution in [0.2, 0.25) is 0 Å². The first-order valence-corrected chi connectivity index (χ1v) is 6.28. The smallest absolute Gasteiger partial charge is 0.408 e. The number of alkyl carbamates (subject to hydrolysis) is 1. The molecule has 0 unspecified atom stereocenters. The number of ether oxygens (including phenoxy) is 1. The number of carbonyl (C=O) groups is 1. The summed E-state index contributed by atoms with van der Waals surface area (Å²) in [5.74, 6) is 5.79. The molecular formula is C14H21N3O2. The summed E-state index contributed by atoms with van der Waals surface area (Å²) < 4.78 is 6.93. The van der Waals surface area contributed by atoms with Crippen LogP contribution in [0.4, 0.5) is 4.79 Å². The SMILES string of the molecule is CC(C)n1cc(C#CCNC(=O)OC(C)(C)C)cn1. The molecule has 0 radical (unpaired) electrons. The Kier molecular flexibility index (Phi) is 4.99. The van der Waals surface area contributed by atoms with E-state index in [0.717, 1.165) is 5.56 Å². The molecule has 19 heavy (non-hydrogen) atoms. The van der Waals surface area contributed by atoms with Crippen LogP contribution in [0.1, 0.15) is 46.2 Å². The summed E-state index contributed by atoms with van der Waals surface area (Å²) in [6, 6.07) is 0.315. The Balaban J connectivity index is 2.41. The highest BCUT2D eigenvalue weighted by Gasteiger charge is 2.14. The largest absolute Gasteiger partial charge is 0.444 e. The Labute approximate surface area is 114 Å². The van der Waals surface area contributed by atoms with Gasteiger partial charge in [-0.15, -0.1) is 0 Å². The highest BCUT2D eigenvalue weighted by atomic mass is 16.6. The van der Waals surface area contributed by atoms with Gasteiger partial charge in [-0.05, 0) is 34.6 Å². The molecule has 0 aliphatic carbocycles. The summed E-state index contributed by atoms with van der Waals surface area (Å²) >= 11 is 0.